The van der Waals surface area contributed by atoms with Gasteiger partial charge in [-0.15, -0.1) is 0 Å². The lowest BCUT2D eigenvalue weighted by atomic mass is 10.2. The van der Waals surface area contributed by atoms with Gasteiger partial charge in [0, 0.05) is 6.54 Å². The van der Waals surface area contributed by atoms with Crippen molar-refractivity contribution in [2.45, 2.75) is 39.9 Å². The Hall–Kier alpha value is -2.83. The molecule has 1 aromatic carbocycles. The second-order valence-corrected chi connectivity index (χ2v) is 5.93. The number of amides is 1. The van der Waals surface area contributed by atoms with E-state index in [0.29, 0.717) is 22.9 Å². The summed E-state index contributed by atoms with van der Waals surface area (Å²) in [7, 11) is 0. The van der Waals surface area contributed by atoms with E-state index in [2.05, 4.69) is 5.16 Å². The molecule has 25 heavy (non-hydrogen) atoms. The summed E-state index contributed by atoms with van der Waals surface area (Å²) in [5.41, 5.74) is 2.15. The molecule has 2 aromatic rings. The Kier molecular flexibility index (Phi) is 4.74. The van der Waals surface area contributed by atoms with Crippen LogP contribution < -0.4 is 9.64 Å². The maximum Gasteiger partial charge on any atom is 0.307 e. The van der Waals surface area contributed by atoms with Gasteiger partial charge in [0.25, 0.3) is 5.91 Å². The minimum Gasteiger partial charge on any atom is -0.479 e. The quantitative estimate of drug-likeness (QED) is 0.775. The van der Waals surface area contributed by atoms with Crippen LogP contribution in [0.5, 0.6) is 5.75 Å². The third-order valence-electron chi connectivity index (χ3n) is 4.17. The average molecular weight is 344 g/mol. The summed E-state index contributed by atoms with van der Waals surface area (Å²) >= 11 is 0. The van der Waals surface area contributed by atoms with Crippen LogP contribution in [-0.2, 0) is 20.9 Å². The van der Waals surface area contributed by atoms with Crippen LogP contribution in [-0.4, -0.2) is 29.7 Å². The molecule has 1 amide bonds. The first-order chi connectivity index (χ1) is 12.0. The van der Waals surface area contributed by atoms with E-state index in [-0.39, 0.29) is 31.4 Å². The number of esters is 1. The van der Waals surface area contributed by atoms with Gasteiger partial charge in [0.1, 0.15) is 18.1 Å². The van der Waals surface area contributed by atoms with Crippen LogP contribution in [0.3, 0.4) is 0 Å². The third kappa shape index (κ3) is 3.50. The first-order valence-electron chi connectivity index (χ1n) is 8.12. The minimum atomic E-state index is -0.576. The van der Waals surface area contributed by atoms with Gasteiger partial charge in [-0.2, -0.15) is 0 Å². The second-order valence-electron chi connectivity index (χ2n) is 5.93. The number of rotatable bonds is 5. The first-order valence-corrected chi connectivity index (χ1v) is 8.12. The van der Waals surface area contributed by atoms with Crippen LogP contribution in [0.15, 0.2) is 28.8 Å². The summed E-state index contributed by atoms with van der Waals surface area (Å²) in [6.45, 7) is 5.62. The van der Waals surface area contributed by atoms with E-state index < -0.39 is 6.10 Å². The van der Waals surface area contributed by atoms with E-state index in [4.69, 9.17) is 14.0 Å². The Bertz CT molecular complexity index is 779. The zero-order chi connectivity index (χ0) is 18.0. The van der Waals surface area contributed by atoms with E-state index >= 15 is 0 Å². The number of hydrogen-bond donors (Lipinski definition) is 0. The van der Waals surface area contributed by atoms with Crippen molar-refractivity contribution in [1.29, 1.82) is 0 Å². The Morgan fingerprint density at radius 2 is 2.08 bits per heavy atom. The van der Waals surface area contributed by atoms with Crippen molar-refractivity contribution in [2.24, 2.45) is 0 Å². The normalized spacial score (nSPS) is 16.4. The van der Waals surface area contributed by atoms with Gasteiger partial charge in [-0.3, -0.25) is 9.59 Å². The summed E-state index contributed by atoms with van der Waals surface area (Å²) in [6, 6.07) is 7.28. The fourth-order valence-electron chi connectivity index (χ4n) is 2.73. The summed E-state index contributed by atoms with van der Waals surface area (Å²) in [6.07, 6.45) is -0.482. The van der Waals surface area contributed by atoms with Crippen molar-refractivity contribution >= 4 is 17.6 Å². The number of carbonyl (C=O) groups excluding carboxylic acids is 2. The smallest absolute Gasteiger partial charge is 0.307 e. The fourth-order valence-corrected chi connectivity index (χ4v) is 2.73. The van der Waals surface area contributed by atoms with E-state index in [1.165, 1.54) is 0 Å². The maximum absolute atomic E-state index is 12.4. The Balaban J connectivity index is 1.61. The number of anilines is 1. The van der Waals surface area contributed by atoms with Gasteiger partial charge in [0.15, 0.2) is 6.10 Å². The zero-order valence-electron chi connectivity index (χ0n) is 14.4. The number of benzene rings is 1. The van der Waals surface area contributed by atoms with Gasteiger partial charge in [-0.25, -0.2) is 0 Å². The number of hydrogen-bond acceptors (Lipinski definition) is 6. The van der Waals surface area contributed by atoms with E-state index in [1.807, 2.05) is 12.1 Å². The molecule has 1 aliphatic heterocycles. The molecule has 0 aliphatic carbocycles. The monoisotopic (exact) mass is 344 g/mol. The molecular weight excluding hydrogens is 324 g/mol. The molecule has 1 aliphatic rings. The highest BCUT2D eigenvalue weighted by atomic mass is 16.5. The van der Waals surface area contributed by atoms with Crippen LogP contribution in [0.1, 0.15) is 30.4 Å². The molecule has 0 saturated carbocycles. The van der Waals surface area contributed by atoms with Gasteiger partial charge in [-0.1, -0.05) is 17.3 Å². The van der Waals surface area contributed by atoms with Crippen molar-refractivity contribution in [3.05, 3.63) is 41.3 Å². The van der Waals surface area contributed by atoms with Gasteiger partial charge in [0.2, 0.25) is 0 Å². The molecule has 0 fully saturated rings. The lowest BCUT2D eigenvalue weighted by Gasteiger charge is -2.32. The van der Waals surface area contributed by atoms with E-state index in [0.717, 1.165) is 5.56 Å². The van der Waals surface area contributed by atoms with E-state index in [1.54, 1.807) is 37.8 Å². The largest absolute Gasteiger partial charge is 0.479 e. The molecule has 132 valence electrons. The molecule has 1 aromatic heterocycles. The summed E-state index contributed by atoms with van der Waals surface area (Å²) in [4.78, 5) is 26.0. The topological polar surface area (TPSA) is 81.9 Å². The highest BCUT2D eigenvalue weighted by Crippen LogP contribution is 2.33. The minimum absolute atomic E-state index is 0.0934. The van der Waals surface area contributed by atoms with Crippen molar-refractivity contribution in [2.75, 3.05) is 11.4 Å². The number of fused-ring (bicyclic) bond motifs is 1. The van der Waals surface area contributed by atoms with Crippen molar-refractivity contribution in [3.63, 3.8) is 0 Å². The number of aryl methyl sites for hydroxylation is 2. The molecule has 1 atom stereocenters. The van der Waals surface area contributed by atoms with Gasteiger partial charge in [-0.05, 0) is 32.9 Å². The molecule has 0 bridgehead atoms. The second kappa shape index (κ2) is 6.96. The van der Waals surface area contributed by atoms with Gasteiger partial charge >= 0.3 is 5.97 Å². The number of ether oxygens (including phenoxy) is 2. The number of aromatic nitrogens is 1. The SMILES string of the molecule is Cc1noc(C)c1COC(=O)CCN1C(=O)C(C)Oc2ccccc21. The number of nitrogens with zero attached hydrogens (tertiary/aromatic N) is 2. The molecule has 1 unspecified atom stereocenters. The first kappa shape index (κ1) is 17.0. The highest BCUT2D eigenvalue weighted by Gasteiger charge is 2.31. The predicted molar refractivity (Wildman–Crippen MR) is 89.3 cm³/mol. The van der Waals surface area contributed by atoms with Gasteiger partial charge in [0.05, 0.1) is 23.4 Å². The van der Waals surface area contributed by atoms with Crippen LogP contribution in [0.25, 0.3) is 0 Å². The average Bonchev–Trinajstić information content (AvgIpc) is 2.91. The number of para-hydroxylation sites is 2. The molecule has 0 spiro atoms. The van der Waals surface area contributed by atoms with Crippen molar-refractivity contribution < 1.29 is 23.6 Å². The number of carbonyl (C=O) groups is 2. The standard InChI is InChI=1S/C18H20N2O5/c1-11-14(12(2)25-19-11)10-23-17(21)8-9-20-15-6-4-5-7-16(15)24-13(3)18(20)22/h4-7,13H,8-10H2,1-3H3. The summed E-state index contributed by atoms with van der Waals surface area (Å²) in [5, 5.41) is 3.82. The van der Waals surface area contributed by atoms with Crippen LogP contribution in [0.2, 0.25) is 0 Å². The van der Waals surface area contributed by atoms with Crippen LogP contribution >= 0.6 is 0 Å². The zero-order valence-corrected chi connectivity index (χ0v) is 14.4. The molecule has 0 N–H and O–H groups in total. The Labute approximate surface area is 145 Å². The summed E-state index contributed by atoms with van der Waals surface area (Å²) < 4.78 is 15.9. The molecule has 2 heterocycles. The fraction of sp³-hybridized carbons (Fsp3) is 0.389. The van der Waals surface area contributed by atoms with Crippen molar-refractivity contribution in [1.82, 2.24) is 5.16 Å². The van der Waals surface area contributed by atoms with E-state index in [9.17, 15) is 9.59 Å². The lowest BCUT2D eigenvalue weighted by molar-refractivity contribution is -0.144. The lowest BCUT2D eigenvalue weighted by Crippen LogP contribution is -2.45. The molecule has 0 saturated heterocycles. The highest BCUT2D eigenvalue weighted by molar-refractivity contribution is 6.00. The molecular formula is C18H20N2O5. The molecule has 7 heteroatoms. The Morgan fingerprint density at radius 1 is 1.32 bits per heavy atom. The summed E-state index contributed by atoms with van der Waals surface area (Å²) in [5.74, 6) is 0.719. The van der Waals surface area contributed by atoms with Crippen LogP contribution in [0, 0.1) is 13.8 Å². The van der Waals surface area contributed by atoms with Gasteiger partial charge < -0.3 is 18.9 Å². The molecule has 7 nitrogen and oxygen atoms in total. The maximum atomic E-state index is 12.4. The Morgan fingerprint density at radius 3 is 2.80 bits per heavy atom. The molecule has 3 rings (SSSR count). The third-order valence-corrected chi connectivity index (χ3v) is 4.17. The van der Waals surface area contributed by atoms with Crippen molar-refractivity contribution in [3.8, 4) is 5.75 Å². The van der Waals surface area contributed by atoms with Crippen LogP contribution in [0.4, 0.5) is 5.69 Å². The predicted octanol–water partition coefficient (Wildman–Crippen LogP) is 2.54. The molecule has 0 radical (unpaired) electrons.